The fourth-order valence-electron chi connectivity index (χ4n) is 2.32. The van der Waals surface area contributed by atoms with Crippen LogP contribution >= 0.6 is 23.1 Å². The normalized spacial score (nSPS) is 14.6. The van der Waals surface area contributed by atoms with Crippen LogP contribution < -0.4 is 5.32 Å². The average molecular weight is 347 g/mol. The number of carbonyl (C=O) groups excluding carboxylic acids is 2. The first kappa shape index (κ1) is 16.0. The third kappa shape index (κ3) is 3.73. The van der Waals surface area contributed by atoms with Crippen molar-refractivity contribution in [1.29, 1.82) is 0 Å². The molecule has 0 spiro atoms. The quantitative estimate of drug-likeness (QED) is 0.927. The minimum absolute atomic E-state index is 0.0424. The number of hydrogen-bond acceptors (Lipinski definition) is 5. The minimum Gasteiger partial charge on any atom is -0.336 e. The van der Waals surface area contributed by atoms with Crippen LogP contribution in [0.3, 0.4) is 0 Å². The van der Waals surface area contributed by atoms with Crippen molar-refractivity contribution >= 4 is 40.0 Å². The third-order valence-corrected chi connectivity index (χ3v) is 5.38. The van der Waals surface area contributed by atoms with Gasteiger partial charge >= 0.3 is 0 Å². The van der Waals surface area contributed by atoms with E-state index < -0.39 is 0 Å². The summed E-state index contributed by atoms with van der Waals surface area (Å²) in [4.78, 5) is 31.7. The molecule has 120 valence electrons. The number of anilines is 1. The molecule has 2 amide bonds. The van der Waals surface area contributed by atoms with Crippen LogP contribution in [0.5, 0.6) is 0 Å². The van der Waals surface area contributed by atoms with Crippen molar-refractivity contribution in [2.24, 2.45) is 0 Å². The number of rotatable bonds is 3. The molecule has 0 bridgehead atoms. The van der Waals surface area contributed by atoms with Crippen LogP contribution in [0.4, 0.5) is 5.13 Å². The Kier molecular flexibility index (Phi) is 4.97. The monoisotopic (exact) mass is 347 g/mol. The van der Waals surface area contributed by atoms with Gasteiger partial charge in [0.05, 0.1) is 0 Å². The summed E-state index contributed by atoms with van der Waals surface area (Å²) in [5, 5.41) is 3.23. The lowest BCUT2D eigenvalue weighted by Crippen LogP contribution is -2.38. The Labute approximate surface area is 143 Å². The highest BCUT2D eigenvalue weighted by Gasteiger charge is 2.23. The van der Waals surface area contributed by atoms with Crippen molar-refractivity contribution in [1.82, 2.24) is 9.88 Å². The number of aromatic nitrogens is 1. The van der Waals surface area contributed by atoms with Crippen LogP contribution in [0.2, 0.25) is 0 Å². The highest BCUT2D eigenvalue weighted by molar-refractivity contribution is 7.99. The average Bonchev–Trinajstić information content (AvgIpc) is 2.96. The molecule has 0 radical (unpaired) electrons. The van der Waals surface area contributed by atoms with Gasteiger partial charge < -0.3 is 4.90 Å². The van der Waals surface area contributed by atoms with E-state index in [-0.39, 0.29) is 11.8 Å². The number of aryl methyl sites for hydroxylation is 1. The zero-order valence-corrected chi connectivity index (χ0v) is 14.4. The number of amides is 2. The summed E-state index contributed by atoms with van der Waals surface area (Å²) >= 11 is 3.19. The largest absolute Gasteiger partial charge is 0.336 e. The van der Waals surface area contributed by atoms with Gasteiger partial charge in [0.1, 0.15) is 5.69 Å². The van der Waals surface area contributed by atoms with E-state index >= 15 is 0 Å². The predicted octanol–water partition coefficient (Wildman–Crippen LogP) is 2.89. The predicted molar refractivity (Wildman–Crippen MR) is 94.5 cm³/mol. The van der Waals surface area contributed by atoms with Crippen LogP contribution in [-0.2, 0) is 0 Å². The van der Waals surface area contributed by atoms with Crippen molar-refractivity contribution in [2.45, 2.75) is 6.92 Å². The van der Waals surface area contributed by atoms with Crippen LogP contribution in [0, 0.1) is 6.92 Å². The van der Waals surface area contributed by atoms with Crippen molar-refractivity contribution in [3.63, 3.8) is 0 Å². The van der Waals surface area contributed by atoms with Gasteiger partial charge in [-0.2, -0.15) is 11.8 Å². The van der Waals surface area contributed by atoms with Gasteiger partial charge in [0, 0.05) is 35.0 Å². The molecule has 1 aromatic carbocycles. The molecule has 2 aromatic rings. The van der Waals surface area contributed by atoms with E-state index in [1.165, 1.54) is 11.3 Å². The summed E-state index contributed by atoms with van der Waals surface area (Å²) in [5.74, 6) is 1.67. The first-order valence-corrected chi connectivity index (χ1v) is 9.33. The molecule has 0 unspecified atom stereocenters. The van der Waals surface area contributed by atoms with Crippen molar-refractivity contribution < 1.29 is 9.59 Å². The molecule has 3 rings (SSSR count). The van der Waals surface area contributed by atoms with E-state index in [0.29, 0.717) is 16.4 Å². The van der Waals surface area contributed by atoms with Crippen molar-refractivity contribution in [2.75, 3.05) is 29.9 Å². The first-order valence-electron chi connectivity index (χ1n) is 7.36. The van der Waals surface area contributed by atoms with E-state index in [9.17, 15) is 9.59 Å². The maximum Gasteiger partial charge on any atom is 0.273 e. The van der Waals surface area contributed by atoms with Crippen LogP contribution in [0.15, 0.2) is 30.3 Å². The van der Waals surface area contributed by atoms with E-state index in [1.807, 2.05) is 41.8 Å². The fourth-order valence-corrected chi connectivity index (χ4v) is 4.03. The molecule has 5 nitrogen and oxygen atoms in total. The van der Waals surface area contributed by atoms with Gasteiger partial charge in [-0.15, -0.1) is 11.3 Å². The van der Waals surface area contributed by atoms with E-state index in [4.69, 9.17) is 0 Å². The van der Waals surface area contributed by atoms with Gasteiger partial charge in [-0.3, -0.25) is 14.9 Å². The maximum absolute atomic E-state index is 12.5. The summed E-state index contributed by atoms with van der Waals surface area (Å²) < 4.78 is 0. The molecular weight excluding hydrogens is 330 g/mol. The number of nitrogens with one attached hydrogen (secondary N) is 1. The second kappa shape index (κ2) is 7.14. The SMILES string of the molecule is Cc1sc(NC(=O)c2ccccc2)nc1C(=O)N1CCSCC1. The highest BCUT2D eigenvalue weighted by atomic mass is 32.2. The molecule has 0 saturated carbocycles. The number of nitrogens with zero attached hydrogens (tertiary/aromatic N) is 2. The second-order valence-corrected chi connectivity index (χ2v) is 7.58. The smallest absolute Gasteiger partial charge is 0.273 e. The Morgan fingerprint density at radius 1 is 1.17 bits per heavy atom. The summed E-state index contributed by atoms with van der Waals surface area (Å²) in [5.41, 5.74) is 1.02. The second-order valence-electron chi connectivity index (χ2n) is 5.15. The lowest BCUT2D eigenvalue weighted by molar-refractivity contribution is 0.0766. The summed E-state index contributed by atoms with van der Waals surface area (Å²) in [7, 11) is 0. The summed E-state index contributed by atoms with van der Waals surface area (Å²) in [6, 6.07) is 8.97. The number of carbonyl (C=O) groups is 2. The standard InChI is InChI=1S/C16H17N3O2S2/c1-11-13(15(21)19-7-9-22-10-8-19)17-16(23-11)18-14(20)12-5-3-2-4-6-12/h2-6H,7-10H2,1H3,(H,17,18,20). The lowest BCUT2D eigenvalue weighted by Gasteiger charge is -2.25. The fraction of sp³-hybridized carbons (Fsp3) is 0.312. The Morgan fingerprint density at radius 2 is 1.87 bits per heavy atom. The molecule has 1 N–H and O–H groups in total. The Hall–Kier alpha value is -1.86. The van der Waals surface area contributed by atoms with E-state index in [2.05, 4.69) is 10.3 Å². The molecule has 1 aliphatic heterocycles. The highest BCUT2D eigenvalue weighted by Crippen LogP contribution is 2.24. The van der Waals surface area contributed by atoms with Crippen LogP contribution in [0.1, 0.15) is 25.7 Å². The molecule has 1 aromatic heterocycles. The summed E-state index contributed by atoms with van der Waals surface area (Å²) in [6.07, 6.45) is 0. The molecule has 23 heavy (non-hydrogen) atoms. The Balaban J connectivity index is 1.73. The Bertz CT molecular complexity index is 709. The van der Waals surface area contributed by atoms with Gasteiger partial charge in [-0.1, -0.05) is 18.2 Å². The van der Waals surface area contributed by atoms with Crippen molar-refractivity contribution in [3.05, 3.63) is 46.5 Å². The summed E-state index contributed by atoms with van der Waals surface area (Å²) in [6.45, 7) is 3.38. The molecule has 1 fully saturated rings. The first-order chi connectivity index (χ1) is 11.1. The molecule has 1 aliphatic rings. The number of hydrogen-bond donors (Lipinski definition) is 1. The van der Waals surface area contributed by atoms with Crippen LogP contribution in [0.25, 0.3) is 0 Å². The molecular formula is C16H17N3O2S2. The topological polar surface area (TPSA) is 62.3 Å². The third-order valence-electron chi connectivity index (χ3n) is 3.55. The number of thiazole rings is 1. The van der Waals surface area contributed by atoms with Gasteiger partial charge in [0.2, 0.25) is 0 Å². The van der Waals surface area contributed by atoms with Crippen molar-refractivity contribution in [3.8, 4) is 0 Å². The molecule has 1 saturated heterocycles. The van der Waals surface area contributed by atoms with Gasteiger partial charge in [-0.05, 0) is 19.1 Å². The van der Waals surface area contributed by atoms with E-state index in [0.717, 1.165) is 29.5 Å². The molecule has 2 heterocycles. The Morgan fingerprint density at radius 3 is 2.57 bits per heavy atom. The molecule has 0 aliphatic carbocycles. The molecule has 0 atom stereocenters. The minimum atomic E-state index is -0.215. The van der Waals surface area contributed by atoms with Gasteiger partial charge in [0.15, 0.2) is 5.13 Å². The lowest BCUT2D eigenvalue weighted by atomic mass is 10.2. The number of thioether (sulfide) groups is 1. The van der Waals surface area contributed by atoms with E-state index in [1.54, 1.807) is 12.1 Å². The number of benzene rings is 1. The maximum atomic E-state index is 12.5. The van der Waals surface area contributed by atoms with Crippen LogP contribution in [-0.4, -0.2) is 46.3 Å². The zero-order valence-electron chi connectivity index (χ0n) is 12.7. The van der Waals surface area contributed by atoms with Gasteiger partial charge in [0.25, 0.3) is 11.8 Å². The zero-order chi connectivity index (χ0) is 16.2. The van der Waals surface area contributed by atoms with Gasteiger partial charge in [-0.25, -0.2) is 4.98 Å². The molecule has 7 heteroatoms.